The fraction of sp³-hybridized carbons (Fsp3) is 0.219. The Balaban J connectivity index is 1.32. The van der Waals surface area contributed by atoms with Crippen LogP contribution in [0.5, 0.6) is 0 Å². The van der Waals surface area contributed by atoms with Crippen LogP contribution in [0.2, 0.25) is 10.0 Å². The van der Waals surface area contributed by atoms with Crippen molar-refractivity contribution in [2.24, 2.45) is 0 Å². The van der Waals surface area contributed by atoms with Crippen LogP contribution >= 0.6 is 23.2 Å². The number of nitrogens with zero attached hydrogens (tertiary/aromatic N) is 2. The fourth-order valence-corrected chi connectivity index (χ4v) is 6.99. The number of amides is 1. The minimum absolute atomic E-state index is 0.0223. The van der Waals surface area contributed by atoms with Crippen LogP contribution in [-0.2, 0) is 21.4 Å². The van der Waals surface area contributed by atoms with Gasteiger partial charge in [-0.05, 0) is 53.1 Å². The first kappa shape index (κ1) is 31.7. The summed E-state index contributed by atoms with van der Waals surface area (Å²) in [4.78, 5) is 14.3. The molecular weight excluding hydrogens is 631 g/mol. The van der Waals surface area contributed by atoms with Crippen molar-refractivity contribution in [2.75, 3.05) is 29.7 Å². The van der Waals surface area contributed by atoms with Crippen LogP contribution in [0.15, 0.2) is 97.1 Å². The predicted molar refractivity (Wildman–Crippen MR) is 167 cm³/mol. The predicted octanol–water partition coefficient (Wildman–Crippen LogP) is 6.81. The number of carbonyl (C=O) groups excluding carboxylic acids is 1. The molecule has 4 aromatic carbocycles. The summed E-state index contributed by atoms with van der Waals surface area (Å²) in [6, 6.07) is 25.5. The van der Waals surface area contributed by atoms with Crippen molar-refractivity contribution in [3.63, 3.8) is 0 Å². The highest BCUT2D eigenvalue weighted by Gasteiger charge is 2.42. The molecule has 0 saturated carbocycles. The molecule has 0 radical (unpaired) electrons. The zero-order valence-electron chi connectivity index (χ0n) is 23.4. The molecule has 1 N–H and O–H groups in total. The molecule has 0 aliphatic carbocycles. The third kappa shape index (κ3) is 7.87. The Morgan fingerprint density at radius 2 is 1.43 bits per heavy atom. The van der Waals surface area contributed by atoms with E-state index in [-0.39, 0.29) is 38.0 Å². The summed E-state index contributed by atoms with van der Waals surface area (Å²) in [6.45, 7) is 0.285. The van der Waals surface area contributed by atoms with Crippen molar-refractivity contribution in [3.05, 3.63) is 135 Å². The maximum absolute atomic E-state index is 14.3. The van der Waals surface area contributed by atoms with Crippen LogP contribution in [0.4, 0.5) is 19.3 Å². The lowest BCUT2D eigenvalue weighted by Gasteiger charge is -2.49. The summed E-state index contributed by atoms with van der Waals surface area (Å²) in [5, 5.41) is 3.60. The first-order valence-corrected chi connectivity index (χ1v) is 16.1. The molecule has 0 unspecified atom stereocenters. The Labute approximate surface area is 265 Å². The number of benzene rings is 4. The fourth-order valence-electron chi connectivity index (χ4n) is 5.17. The second-order valence-electron chi connectivity index (χ2n) is 10.3. The molecule has 4 aromatic rings. The van der Waals surface area contributed by atoms with Crippen LogP contribution in [0, 0.1) is 11.6 Å². The Hall–Kier alpha value is -3.70. The molecule has 230 valence electrons. The van der Waals surface area contributed by atoms with E-state index in [0.717, 1.165) is 33.1 Å². The number of ether oxygens (including phenoxy) is 1. The van der Waals surface area contributed by atoms with E-state index in [1.807, 2.05) is 42.5 Å². The van der Waals surface area contributed by atoms with Crippen molar-refractivity contribution in [1.29, 1.82) is 0 Å². The second-order valence-corrected chi connectivity index (χ2v) is 13.2. The monoisotopic (exact) mass is 659 g/mol. The highest BCUT2D eigenvalue weighted by atomic mass is 35.5. The first-order chi connectivity index (χ1) is 21.1. The average molecular weight is 661 g/mol. The molecule has 0 aromatic heterocycles. The number of likely N-dealkylation sites (tertiary alicyclic amines) is 1. The Morgan fingerprint density at radius 3 is 1.98 bits per heavy atom. The topological polar surface area (TPSA) is 79.0 Å². The normalized spacial score (nSPS) is 13.8. The SMILES string of the molecule is O=C(NCCS(=O)(=O)N(c1cc(F)cc(F)c1)C1CN(C(c2ccc(Cl)cc2)c2ccc(Cl)cc2)C1)OCc1ccccc1. The minimum atomic E-state index is -4.15. The summed E-state index contributed by atoms with van der Waals surface area (Å²) in [7, 11) is -4.15. The lowest BCUT2D eigenvalue weighted by molar-refractivity contribution is 0.116. The van der Waals surface area contributed by atoms with Crippen molar-refractivity contribution in [3.8, 4) is 0 Å². The molecular formula is C32H29Cl2F2N3O4S. The van der Waals surface area contributed by atoms with Gasteiger partial charge in [0.05, 0.1) is 23.5 Å². The van der Waals surface area contributed by atoms with Gasteiger partial charge in [-0.3, -0.25) is 9.21 Å². The van der Waals surface area contributed by atoms with Gasteiger partial charge in [-0.15, -0.1) is 0 Å². The number of carbonyl (C=O) groups is 1. The molecule has 7 nitrogen and oxygen atoms in total. The van der Waals surface area contributed by atoms with Gasteiger partial charge in [0.15, 0.2) is 0 Å². The number of rotatable bonds is 11. The van der Waals surface area contributed by atoms with Gasteiger partial charge in [-0.1, -0.05) is 77.8 Å². The third-order valence-corrected chi connectivity index (χ3v) is 9.53. The summed E-state index contributed by atoms with van der Waals surface area (Å²) in [5.74, 6) is -2.32. The lowest BCUT2D eigenvalue weighted by Crippen LogP contribution is -2.62. The molecule has 5 rings (SSSR count). The molecule has 1 saturated heterocycles. The summed E-state index contributed by atoms with van der Waals surface area (Å²) < 4.78 is 62.1. The third-order valence-electron chi connectivity index (χ3n) is 7.20. The van der Waals surface area contributed by atoms with Gasteiger partial charge in [0.1, 0.15) is 18.2 Å². The summed E-state index contributed by atoms with van der Waals surface area (Å²) in [5.41, 5.74) is 2.51. The number of halogens is 4. The number of hydrogen-bond acceptors (Lipinski definition) is 5. The van der Waals surface area contributed by atoms with Crippen molar-refractivity contribution < 1.29 is 26.7 Å². The average Bonchev–Trinajstić information content (AvgIpc) is 2.96. The van der Waals surface area contributed by atoms with Crippen LogP contribution in [0.25, 0.3) is 0 Å². The minimum Gasteiger partial charge on any atom is -0.445 e. The number of hydrogen-bond donors (Lipinski definition) is 1. The van der Waals surface area contributed by atoms with Crippen LogP contribution < -0.4 is 9.62 Å². The lowest BCUT2D eigenvalue weighted by atomic mass is 9.93. The quantitative estimate of drug-likeness (QED) is 0.191. The van der Waals surface area contributed by atoms with Crippen molar-refractivity contribution in [1.82, 2.24) is 10.2 Å². The van der Waals surface area contributed by atoms with Crippen LogP contribution in [0.1, 0.15) is 22.7 Å². The molecule has 44 heavy (non-hydrogen) atoms. The van der Waals surface area contributed by atoms with Gasteiger partial charge >= 0.3 is 6.09 Å². The maximum Gasteiger partial charge on any atom is 0.407 e. The molecule has 0 bridgehead atoms. The van der Waals surface area contributed by atoms with Crippen molar-refractivity contribution in [2.45, 2.75) is 18.7 Å². The first-order valence-electron chi connectivity index (χ1n) is 13.8. The highest BCUT2D eigenvalue weighted by Crippen LogP contribution is 2.37. The molecule has 1 amide bonds. The van der Waals surface area contributed by atoms with Gasteiger partial charge in [-0.25, -0.2) is 22.0 Å². The van der Waals surface area contributed by atoms with Crippen LogP contribution in [-0.4, -0.2) is 50.8 Å². The molecule has 0 spiro atoms. The zero-order valence-corrected chi connectivity index (χ0v) is 25.7. The smallest absolute Gasteiger partial charge is 0.407 e. The molecule has 12 heteroatoms. The number of sulfonamides is 1. The Morgan fingerprint density at radius 1 is 0.886 bits per heavy atom. The van der Waals surface area contributed by atoms with Gasteiger partial charge < -0.3 is 10.1 Å². The Kier molecular flexibility index (Phi) is 10.1. The molecule has 1 heterocycles. The van der Waals surface area contributed by atoms with Gasteiger partial charge in [-0.2, -0.15) is 0 Å². The number of anilines is 1. The largest absolute Gasteiger partial charge is 0.445 e. The summed E-state index contributed by atoms with van der Waals surface area (Å²) in [6.07, 6.45) is -0.781. The standard InChI is InChI=1S/C32H29Cl2F2N3O4S/c33-25-10-6-23(7-11-25)31(24-8-12-26(34)13-9-24)38-19-30(20-38)39(29-17-27(35)16-28(36)18-29)44(41,42)15-14-37-32(40)43-21-22-4-2-1-3-5-22/h1-13,16-18,30-31H,14-15,19-21H2,(H,37,40). The van der Waals surface area contributed by atoms with E-state index >= 15 is 0 Å². The van der Waals surface area contributed by atoms with Crippen LogP contribution in [0.3, 0.4) is 0 Å². The Bertz CT molecular complexity index is 1620. The number of nitrogens with one attached hydrogen (secondary N) is 1. The molecule has 1 aliphatic rings. The van der Waals surface area contributed by atoms with E-state index in [1.165, 1.54) is 0 Å². The molecule has 1 aliphatic heterocycles. The van der Waals surface area contributed by atoms with Gasteiger partial charge in [0.2, 0.25) is 10.0 Å². The van der Waals surface area contributed by atoms with Crippen molar-refractivity contribution >= 4 is 45.0 Å². The van der Waals surface area contributed by atoms with E-state index in [2.05, 4.69) is 10.2 Å². The van der Waals surface area contributed by atoms with Gasteiger partial charge in [0, 0.05) is 35.7 Å². The zero-order chi connectivity index (χ0) is 31.3. The van der Waals surface area contributed by atoms with E-state index in [9.17, 15) is 22.0 Å². The number of alkyl carbamates (subject to hydrolysis) is 1. The molecule has 1 fully saturated rings. The van der Waals surface area contributed by atoms with E-state index in [1.54, 1.807) is 36.4 Å². The summed E-state index contributed by atoms with van der Waals surface area (Å²) >= 11 is 12.3. The van der Waals surface area contributed by atoms with E-state index in [4.69, 9.17) is 27.9 Å². The second kappa shape index (κ2) is 13.9. The van der Waals surface area contributed by atoms with Gasteiger partial charge in [0.25, 0.3) is 0 Å². The van der Waals surface area contributed by atoms with E-state index in [0.29, 0.717) is 16.1 Å². The highest BCUT2D eigenvalue weighted by molar-refractivity contribution is 7.92. The maximum atomic E-state index is 14.3. The van der Waals surface area contributed by atoms with E-state index < -0.39 is 39.5 Å². The molecule has 0 atom stereocenters.